The average molecular weight is 712 g/mol. The molecule has 4 rings (SSSR count). The molecule has 12 nitrogen and oxygen atoms in total. The van der Waals surface area contributed by atoms with E-state index in [4.69, 9.17) is 9.47 Å². The van der Waals surface area contributed by atoms with Gasteiger partial charge in [0, 0.05) is 25.9 Å². The zero-order chi connectivity index (χ0) is 36.3. The van der Waals surface area contributed by atoms with E-state index in [1.807, 2.05) is 79.8 Å². The molecular formula is C37H53N5O7S. The zero-order valence-corrected chi connectivity index (χ0v) is 30.7. The van der Waals surface area contributed by atoms with Crippen LogP contribution in [0.1, 0.15) is 58.6 Å². The minimum atomic E-state index is -1.03. The Morgan fingerprint density at radius 3 is 1.88 bits per heavy atom. The van der Waals surface area contributed by atoms with Crippen LogP contribution >= 0.6 is 11.3 Å². The molecule has 0 aliphatic carbocycles. The molecule has 2 aromatic rings. The number of rotatable bonds is 19. The molecule has 0 unspecified atom stereocenters. The number of nitrogens with one attached hydrogen (secondary N) is 4. The van der Waals surface area contributed by atoms with Crippen LogP contribution in [-0.4, -0.2) is 104 Å². The number of epoxide rings is 1. The standard InChI is InChI=1S/C37H53N5O7S/c1-24(2)17-28(33(44)37(5)23-49-37)39-36(47)31(19-26-9-7-6-8-10-26)41-34(45)29(18-25(3)4)40-35(46)30(20-27-11-16-50-22-27)38-32(43)21-42-12-14-48-15-13-42/h6-11,16,22,24-25,28-31H,12-15,17-21,23H2,1-5H3,(H,38,43)(H,39,47)(H,40,46)(H,41,45)/t28-,29-,30-,31-,37+/m0/s1. The lowest BCUT2D eigenvalue weighted by atomic mass is 9.93. The molecule has 4 N–H and O–H groups in total. The summed E-state index contributed by atoms with van der Waals surface area (Å²) in [7, 11) is 0. The van der Waals surface area contributed by atoms with Crippen molar-refractivity contribution >= 4 is 40.7 Å². The van der Waals surface area contributed by atoms with Gasteiger partial charge >= 0.3 is 0 Å². The first kappa shape index (κ1) is 39.1. The molecule has 0 spiro atoms. The summed E-state index contributed by atoms with van der Waals surface area (Å²) in [5, 5.41) is 15.4. The zero-order valence-electron chi connectivity index (χ0n) is 29.9. The summed E-state index contributed by atoms with van der Waals surface area (Å²) in [6.07, 6.45) is 1.15. The Kier molecular flexibility index (Phi) is 14.5. The number of Topliss-reactive ketones (excluding diaryl/α,β-unsaturated/α-hetero) is 1. The van der Waals surface area contributed by atoms with Crippen LogP contribution in [0.5, 0.6) is 0 Å². The molecule has 1 aromatic heterocycles. The van der Waals surface area contributed by atoms with Gasteiger partial charge in [-0.25, -0.2) is 0 Å². The van der Waals surface area contributed by atoms with Crippen LogP contribution in [0.15, 0.2) is 47.2 Å². The number of benzene rings is 1. The van der Waals surface area contributed by atoms with Gasteiger partial charge in [0.2, 0.25) is 23.6 Å². The van der Waals surface area contributed by atoms with Crippen LogP contribution in [-0.2, 0) is 46.3 Å². The highest BCUT2D eigenvalue weighted by molar-refractivity contribution is 7.07. The summed E-state index contributed by atoms with van der Waals surface area (Å²) < 4.78 is 10.8. The summed E-state index contributed by atoms with van der Waals surface area (Å²) >= 11 is 1.49. The second kappa shape index (κ2) is 18.5. The smallest absolute Gasteiger partial charge is 0.243 e. The maximum Gasteiger partial charge on any atom is 0.243 e. The van der Waals surface area contributed by atoms with Gasteiger partial charge in [-0.05, 0) is 59.6 Å². The van der Waals surface area contributed by atoms with Crippen molar-refractivity contribution in [2.24, 2.45) is 11.8 Å². The van der Waals surface area contributed by atoms with Crippen molar-refractivity contribution in [3.63, 3.8) is 0 Å². The largest absolute Gasteiger partial charge is 0.379 e. The number of carbonyl (C=O) groups excluding carboxylic acids is 5. The molecule has 2 aliphatic rings. The highest BCUT2D eigenvalue weighted by Crippen LogP contribution is 2.29. The number of morpholine rings is 1. The molecule has 0 bridgehead atoms. The van der Waals surface area contributed by atoms with E-state index in [0.29, 0.717) is 45.8 Å². The van der Waals surface area contributed by atoms with Crippen molar-refractivity contribution in [2.45, 2.75) is 90.1 Å². The number of thiophene rings is 1. The highest BCUT2D eigenvalue weighted by atomic mass is 32.1. The SMILES string of the molecule is CC(C)C[C@H](NC(=O)[C@H](Cc1ccsc1)NC(=O)CN1CCOCC1)C(=O)N[C@@H](Cc1ccccc1)C(=O)N[C@@H](CC(C)C)C(=O)[C@@]1(C)CO1. The normalized spacial score (nSPS) is 20.0. The molecule has 274 valence electrons. The first-order chi connectivity index (χ1) is 23.8. The molecule has 0 radical (unpaired) electrons. The summed E-state index contributed by atoms with van der Waals surface area (Å²) in [6, 6.07) is 7.49. The van der Waals surface area contributed by atoms with Gasteiger partial charge in [-0.1, -0.05) is 58.0 Å². The van der Waals surface area contributed by atoms with Gasteiger partial charge in [0.25, 0.3) is 0 Å². The van der Waals surface area contributed by atoms with E-state index >= 15 is 0 Å². The number of hydrogen-bond acceptors (Lipinski definition) is 9. The van der Waals surface area contributed by atoms with E-state index in [-0.39, 0.29) is 42.9 Å². The second-order valence-electron chi connectivity index (χ2n) is 14.4. The van der Waals surface area contributed by atoms with Crippen LogP contribution in [0.3, 0.4) is 0 Å². The molecular weight excluding hydrogens is 659 g/mol. The maximum atomic E-state index is 14.0. The number of ketones is 1. The Labute approximate surface area is 299 Å². The molecule has 0 saturated carbocycles. The van der Waals surface area contributed by atoms with E-state index < -0.39 is 47.5 Å². The van der Waals surface area contributed by atoms with Crippen molar-refractivity contribution < 1.29 is 33.4 Å². The topological polar surface area (TPSA) is 158 Å². The van der Waals surface area contributed by atoms with E-state index in [2.05, 4.69) is 21.3 Å². The van der Waals surface area contributed by atoms with Gasteiger partial charge in [0.05, 0.1) is 32.4 Å². The van der Waals surface area contributed by atoms with Crippen LogP contribution < -0.4 is 21.3 Å². The van der Waals surface area contributed by atoms with Gasteiger partial charge in [0.1, 0.15) is 23.7 Å². The number of carbonyl (C=O) groups is 5. The Morgan fingerprint density at radius 1 is 0.760 bits per heavy atom. The summed E-state index contributed by atoms with van der Waals surface area (Å²) in [6.45, 7) is 12.3. The molecule has 50 heavy (non-hydrogen) atoms. The van der Waals surface area contributed by atoms with Gasteiger partial charge in [-0.2, -0.15) is 11.3 Å². The van der Waals surface area contributed by atoms with E-state index in [1.165, 1.54) is 11.3 Å². The molecule has 2 saturated heterocycles. The fraction of sp³-hybridized carbons (Fsp3) is 0.595. The number of nitrogens with zero attached hydrogens (tertiary/aromatic N) is 1. The Balaban J connectivity index is 1.51. The Bertz CT molecular complexity index is 1420. The molecule has 1 aromatic carbocycles. The number of ether oxygens (including phenoxy) is 2. The van der Waals surface area contributed by atoms with Gasteiger partial charge < -0.3 is 30.7 Å². The van der Waals surface area contributed by atoms with Crippen LogP contribution in [0, 0.1) is 11.8 Å². The summed E-state index contributed by atoms with van der Waals surface area (Å²) in [4.78, 5) is 70.1. The second-order valence-corrected chi connectivity index (χ2v) is 15.1. The van der Waals surface area contributed by atoms with Crippen LogP contribution in [0.25, 0.3) is 0 Å². The molecule has 2 aliphatic heterocycles. The highest BCUT2D eigenvalue weighted by Gasteiger charge is 2.50. The van der Waals surface area contributed by atoms with E-state index in [1.54, 1.807) is 6.92 Å². The van der Waals surface area contributed by atoms with Gasteiger partial charge in [-0.3, -0.25) is 28.9 Å². The maximum absolute atomic E-state index is 14.0. The monoisotopic (exact) mass is 711 g/mol. The number of amides is 4. The fourth-order valence-corrected chi connectivity index (χ4v) is 6.64. The molecule has 3 heterocycles. The molecule has 2 fully saturated rings. The lowest BCUT2D eigenvalue weighted by molar-refractivity contribution is -0.135. The molecule has 5 atom stereocenters. The Morgan fingerprint density at radius 2 is 1.30 bits per heavy atom. The van der Waals surface area contributed by atoms with E-state index in [9.17, 15) is 24.0 Å². The summed E-state index contributed by atoms with van der Waals surface area (Å²) in [5.41, 5.74) is 0.789. The Hall–Kier alpha value is -3.65. The minimum absolute atomic E-state index is 0.0195. The lowest BCUT2D eigenvalue weighted by Crippen LogP contribution is -2.59. The summed E-state index contributed by atoms with van der Waals surface area (Å²) in [5.74, 6) is -1.85. The van der Waals surface area contributed by atoms with E-state index in [0.717, 1.165) is 11.1 Å². The van der Waals surface area contributed by atoms with Crippen LogP contribution in [0.4, 0.5) is 0 Å². The third-order valence-electron chi connectivity index (χ3n) is 8.84. The predicted octanol–water partition coefficient (Wildman–Crippen LogP) is 2.25. The quantitative estimate of drug-likeness (QED) is 0.162. The predicted molar refractivity (Wildman–Crippen MR) is 191 cm³/mol. The van der Waals surface area contributed by atoms with Crippen molar-refractivity contribution in [3.8, 4) is 0 Å². The first-order valence-corrected chi connectivity index (χ1v) is 18.5. The number of hydrogen-bond donors (Lipinski definition) is 4. The molecule has 4 amide bonds. The average Bonchev–Trinajstić information content (AvgIpc) is 3.61. The lowest BCUT2D eigenvalue weighted by Gasteiger charge is -2.29. The third kappa shape index (κ3) is 12.3. The fourth-order valence-electron chi connectivity index (χ4n) is 5.96. The third-order valence-corrected chi connectivity index (χ3v) is 9.57. The minimum Gasteiger partial charge on any atom is -0.379 e. The van der Waals surface area contributed by atoms with Crippen molar-refractivity contribution in [2.75, 3.05) is 39.5 Å². The van der Waals surface area contributed by atoms with Crippen molar-refractivity contribution in [3.05, 3.63) is 58.3 Å². The molecule has 13 heteroatoms. The first-order valence-electron chi connectivity index (χ1n) is 17.6. The van der Waals surface area contributed by atoms with Crippen LogP contribution in [0.2, 0.25) is 0 Å². The van der Waals surface area contributed by atoms with Gasteiger partial charge in [0.15, 0.2) is 5.78 Å². The van der Waals surface area contributed by atoms with Gasteiger partial charge in [-0.15, -0.1) is 0 Å². The van der Waals surface area contributed by atoms with Crippen molar-refractivity contribution in [1.29, 1.82) is 0 Å². The van der Waals surface area contributed by atoms with Crippen molar-refractivity contribution in [1.82, 2.24) is 26.2 Å².